The second-order valence-corrected chi connectivity index (χ2v) is 3.59. The normalized spacial score (nSPS) is 10.4. The second kappa shape index (κ2) is 4.69. The van der Waals surface area contributed by atoms with E-state index in [0.29, 0.717) is 5.75 Å². The molecule has 2 rings (SSSR count). The van der Waals surface area contributed by atoms with Gasteiger partial charge >= 0.3 is 11.9 Å². The Bertz CT molecular complexity index is 558. The lowest BCUT2D eigenvalue weighted by molar-refractivity contribution is -0.142. The highest BCUT2D eigenvalue weighted by Gasteiger charge is 2.08. The number of aliphatic carboxylic acids is 1. The van der Waals surface area contributed by atoms with Gasteiger partial charge in [-0.3, -0.25) is 9.59 Å². The van der Waals surface area contributed by atoms with Gasteiger partial charge in [0.2, 0.25) is 0 Å². The van der Waals surface area contributed by atoms with E-state index in [0.717, 1.165) is 10.9 Å². The number of fused-ring (bicyclic) bond motifs is 1. The van der Waals surface area contributed by atoms with Crippen LogP contribution in [0, 0.1) is 0 Å². The summed E-state index contributed by atoms with van der Waals surface area (Å²) in [5, 5.41) is 9.37. The minimum Gasteiger partial charge on any atom is -0.481 e. The summed E-state index contributed by atoms with van der Waals surface area (Å²) in [7, 11) is 0. The molecule has 0 bridgehead atoms. The summed E-state index contributed by atoms with van der Waals surface area (Å²) in [5.41, 5.74) is 0.954. The van der Waals surface area contributed by atoms with E-state index in [-0.39, 0.29) is 12.8 Å². The largest absolute Gasteiger partial charge is 0.481 e. The van der Waals surface area contributed by atoms with Crippen LogP contribution in [0.4, 0.5) is 0 Å². The van der Waals surface area contributed by atoms with Gasteiger partial charge < -0.3 is 14.8 Å². The number of hydrogen-bond acceptors (Lipinski definition) is 3. The van der Waals surface area contributed by atoms with Gasteiger partial charge in [0, 0.05) is 17.1 Å². The number of H-pyrrole nitrogens is 1. The molecular formula is C12H11NO4. The van der Waals surface area contributed by atoms with Crippen LogP contribution in [0.15, 0.2) is 30.5 Å². The summed E-state index contributed by atoms with van der Waals surface area (Å²) in [4.78, 5) is 24.6. The summed E-state index contributed by atoms with van der Waals surface area (Å²) in [6.45, 7) is 0. The number of ether oxygens (including phenoxy) is 1. The van der Waals surface area contributed by atoms with Crippen molar-refractivity contribution in [3.05, 3.63) is 30.5 Å². The standard InChI is InChI=1S/C12H11NO4/c14-11(15)3-4-12(16)17-9-1-2-10-8(7-9)5-6-13-10/h1-2,5-7,13H,3-4H2,(H,14,15). The third-order valence-corrected chi connectivity index (χ3v) is 2.30. The number of carboxylic acid groups (broad SMARTS) is 1. The van der Waals surface area contributed by atoms with Crippen molar-refractivity contribution in [3.63, 3.8) is 0 Å². The minimum absolute atomic E-state index is 0.124. The molecule has 1 aromatic carbocycles. The number of nitrogens with one attached hydrogen (secondary N) is 1. The molecule has 88 valence electrons. The summed E-state index contributed by atoms with van der Waals surface area (Å²) in [6.07, 6.45) is 1.45. The van der Waals surface area contributed by atoms with E-state index in [1.165, 1.54) is 0 Å². The minimum atomic E-state index is -1.01. The number of carbonyl (C=O) groups excluding carboxylic acids is 1. The molecule has 0 aliphatic rings. The summed E-state index contributed by atoms with van der Waals surface area (Å²) < 4.78 is 5.03. The molecule has 0 saturated heterocycles. The maximum absolute atomic E-state index is 11.3. The van der Waals surface area contributed by atoms with Crippen molar-refractivity contribution in [1.29, 1.82) is 0 Å². The predicted octanol–water partition coefficient (Wildman–Crippen LogP) is 1.94. The lowest BCUT2D eigenvalue weighted by Crippen LogP contribution is -2.10. The number of carbonyl (C=O) groups is 2. The van der Waals surface area contributed by atoms with Gasteiger partial charge in [0.15, 0.2) is 0 Å². The number of carboxylic acids is 1. The lowest BCUT2D eigenvalue weighted by atomic mass is 10.2. The highest BCUT2D eigenvalue weighted by atomic mass is 16.5. The van der Waals surface area contributed by atoms with Crippen molar-refractivity contribution >= 4 is 22.8 Å². The summed E-state index contributed by atoms with van der Waals surface area (Å²) >= 11 is 0. The van der Waals surface area contributed by atoms with E-state index in [2.05, 4.69) is 4.98 Å². The van der Waals surface area contributed by atoms with Crippen LogP contribution >= 0.6 is 0 Å². The van der Waals surface area contributed by atoms with Crippen LogP contribution in [0.3, 0.4) is 0 Å². The molecule has 5 heteroatoms. The third kappa shape index (κ3) is 2.84. The Balaban J connectivity index is 2.02. The van der Waals surface area contributed by atoms with Gasteiger partial charge in [0.1, 0.15) is 5.75 Å². The SMILES string of the molecule is O=C(O)CCC(=O)Oc1ccc2[nH]ccc2c1. The molecule has 2 aromatic rings. The molecule has 1 aromatic heterocycles. The van der Waals surface area contributed by atoms with Crippen LogP contribution < -0.4 is 4.74 Å². The quantitative estimate of drug-likeness (QED) is 0.624. The van der Waals surface area contributed by atoms with E-state index in [1.54, 1.807) is 24.4 Å². The molecule has 0 atom stereocenters. The van der Waals surface area contributed by atoms with Crippen LogP contribution in [-0.4, -0.2) is 22.0 Å². The number of aromatic amines is 1. The molecule has 0 aliphatic heterocycles. The molecule has 0 unspecified atom stereocenters. The fraction of sp³-hybridized carbons (Fsp3) is 0.167. The smallest absolute Gasteiger partial charge is 0.311 e. The Kier molecular flexibility index (Phi) is 3.09. The first-order valence-corrected chi connectivity index (χ1v) is 5.15. The molecule has 0 aliphatic carbocycles. The molecule has 0 amide bonds. The number of aromatic nitrogens is 1. The first-order chi connectivity index (χ1) is 8.15. The Morgan fingerprint density at radius 2 is 2.06 bits per heavy atom. The van der Waals surface area contributed by atoms with Gasteiger partial charge in [-0.15, -0.1) is 0 Å². The second-order valence-electron chi connectivity index (χ2n) is 3.59. The topological polar surface area (TPSA) is 79.4 Å². The predicted molar refractivity (Wildman–Crippen MR) is 60.8 cm³/mol. The van der Waals surface area contributed by atoms with Crippen molar-refractivity contribution in [2.24, 2.45) is 0 Å². The third-order valence-electron chi connectivity index (χ3n) is 2.30. The molecule has 17 heavy (non-hydrogen) atoms. The Morgan fingerprint density at radius 3 is 2.82 bits per heavy atom. The van der Waals surface area contributed by atoms with Gasteiger partial charge in [0.25, 0.3) is 0 Å². The van der Waals surface area contributed by atoms with Crippen LogP contribution in [0.1, 0.15) is 12.8 Å². The van der Waals surface area contributed by atoms with Crippen LogP contribution in [0.2, 0.25) is 0 Å². The van der Waals surface area contributed by atoms with E-state index in [9.17, 15) is 9.59 Å². The molecule has 0 fully saturated rings. The van der Waals surface area contributed by atoms with E-state index < -0.39 is 11.9 Å². The van der Waals surface area contributed by atoms with Crippen LogP contribution in [-0.2, 0) is 9.59 Å². The molecule has 0 saturated carbocycles. The number of rotatable bonds is 4. The Labute approximate surface area is 97.0 Å². The Morgan fingerprint density at radius 1 is 1.24 bits per heavy atom. The maximum Gasteiger partial charge on any atom is 0.311 e. The number of esters is 1. The maximum atomic E-state index is 11.3. The molecule has 2 N–H and O–H groups in total. The first-order valence-electron chi connectivity index (χ1n) is 5.15. The van der Waals surface area contributed by atoms with Gasteiger partial charge in [-0.2, -0.15) is 0 Å². The van der Waals surface area contributed by atoms with Crippen molar-refractivity contribution in [2.75, 3.05) is 0 Å². The van der Waals surface area contributed by atoms with Crippen molar-refractivity contribution in [1.82, 2.24) is 4.98 Å². The van der Waals surface area contributed by atoms with Crippen LogP contribution in [0.5, 0.6) is 5.75 Å². The molecule has 0 radical (unpaired) electrons. The van der Waals surface area contributed by atoms with E-state index in [1.807, 2.05) is 6.07 Å². The average Bonchev–Trinajstić information content (AvgIpc) is 2.73. The zero-order valence-electron chi connectivity index (χ0n) is 8.97. The van der Waals surface area contributed by atoms with Crippen molar-refractivity contribution in [3.8, 4) is 5.75 Å². The van der Waals surface area contributed by atoms with E-state index in [4.69, 9.17) is 9.84 Å². The summed E-state index contributed by atoms with van der Waals surface area (Å²) in [5.74, 6) is -1.13. The van der Waals surface area contributed by atoms with Gasteiger partial charge in [0.05, 0.1) is 12.8 Å². The zero-order valence-corrected chi connectivity index (χ0v) is 8.97. The highest BCUT2D eigenvalue weighted by molar-refractivity contribution is 5.83. The zero-order chi connectivity index (χ0) is 12.3. The van der Waals surface area contributed by atoms with Gasteiger partial charge in [-0.1, -0.05) is 0 Å². The summed E-state index contributed by atoms with van der Waals surface area (Å²) in [6, 6.07) is 7.06. The van der Waals surface area contributed by atoms with Crippen molar-refractivity contribution in [2.45, 2.75) is 12.8 Å². The van der Waals surface area contributed by atoms with Gasteiger partial charge in [-0.05, 0) is 24.3 Å². The fourth-order valence-electron chi connectivity index (χ4n) is 1.49. The van der Waals surface area contributed by atoms with Crippen LogP contribution in [0.25, 0.3) is 10.9 Å². The number of benzene rings is 1. The van der Waals surface area contributed by atoms with Gasteiger partial charge in [-0.25, -0.2) is 0 Å². The number of hydrogen-bond donors (Lipinski definition) is 2. The highest BCUT2D eigenvalue weighted by Crippen LogP contribution is 2.20. The average molecular weight is 233 g/mol. The monoisotopic (exact) mass is 233 g/mol. The van der Waals surface area contributed by atoms with E-state index >= 15 is 0 Å². The molecule has 0 spiro atoms. The Hall–Kier alpha value is -2.30. The first kappa shape index (κ1) is 11.2. The van der Waals surface area contributed by atoms with Crippen molar-refractivity contribution < 1.29 is 19.4 Å². The molecule has 5 nitrogen and oxygen atoms in total. The lowest BCUT2D eigenvalue weighted by Gasteiger charge is -2.03. The fourth-order valence-corrected chi connectivity index (χ4v) is 1.49. The molecular weight excluding hydrogens is 222 g/mol. The molecule has 1 heterocycles.